The molecule has 0 amide bonds. The summed E-state index contributed by atoms with van der Waals surface area (Å²) in [5, 5.41) is 20.4. The molecule has 1 aromatic carbocycles. The number of halogens is 2. The van der Waals surface area contributed by atoms with E-state index in [2.05, 4.69) is 0 Å². The number of aromatic nitrogens is 1. The number of nitriles is 1. The van der Waals surface area contributed by atoms with E-state index in [-0.39, 0.29) is 17.8 Å². The van der Waals surface area contributed by atoms with Crippen LogP contribution in [0.25, 0.3) is 0 Å². The van der Waals surface area contributed by atoms with Crippen molar-refractivity contribution in [2.45, 2.75) is 6.54 Å². The molecule has 0 bridgehead atoms. The molecule has 0 saturated heterocycles. The van der Waals surface area contributed by atoms with Crippen LogP contribution in [0.3, 0.4) is 0 Å². The normalized spacial score (nSPS) is 10.1. The molecule has 1 aromatic heterocycles. The van der Waals surface area contributed by atoms with Crippen molar-refractivity contribution in [2.75, 3.05) is 0 Å². The van der Waals surface area contributed by atoms with Crippen molar-refractivity contribution >= 4 is 28.9 Å². The molecular weight excluding hydrogens is 317 g/mol. The molecule has 2 rings (SSSR count). The maximum Gasteiger partial charge on any atom is 0.287 e. The van der Waals surface area contributed by atoms with E-state index < -0.39 is 10.5 Å². The molecule has 0 aliphatic carbocycles. The second-order valence-corrected chi connectivity index (χ2v) is 4.93. The summed E-state index contributed by atoms with van der Waals surface area (Å²) in [6.45, 7) is -0.0618. The fraction of sp³-hybridized carbons (Fsp3) is 0.0769. The maximum atomic E-state index is 12.0. The highest BCUT2D eigenvalue weighted by Crippen LogP contribution is 2.25. The van der Waals surface area contributed by atoms with Gasteiger partial charge in [0.2, 0.25) is 0 Å². The van der Waals surface area contributed by atoms with Gasteiger partial charge >= 0.3 is 0 Å². The molecule has 0 atom stereocenters. The molecule has 0 spiro atoms. The topological polar surface area (TPSA) is 88.9 Å². The molecule has 6 nitrogen and oxygen atoms in total. The largest absolute Gasteiger partial charge is 0.303 e. The summed E-state index contributed by atoms with van der Waals surface area (Å²) in [5.74, 6) is 0. The second-order valence-electron chi connectivity index (χ2n) is 4.11. The van der Waals surface area contributed by atoms with Crippen molar-refractivity contribution in [2.24, 2.45) is 0 Å². The fourth-order valence-electron chi connectivity index (χ4n) is 1.77. The van der Waals surface area contributed by atoms with Crippen LogP contribution in [0.15, 0.2) is 35.3 Å². The zero-order chi connectivity index (χ0) is 15.6. The predicted octanol–water partition coefficient (Wildman–Crippen LogP) is 2.98. The first-order valence-electron chi connectivity index (χ1n) is 5.66. The minimum absolute atomic E-state index is 0.0618. The second kappa shape index (κ2) is 5.95. The van der Waals surface area contributed by atoms with Crippen LogP contribution in [0.1, 0.15) is 11.1 Å². The Morgan fingerprint density at radius 3 is 2.48 bits per heavy atom. The van der Waals surface area contributed by atoms with Gasteiger partial charge in [0.05, 0.1) is 17.7 Å². The van der Waals surface area contributed by atoms with E-state index in [4.69, 9.17) is 28.5 Å². The summed E-state index contributed by atoms with van der Waals surface area (Å²) in [6, 6.07) is 7.41. The Balaban J connectivity index is 2.59. The Bertz CT molecular complexity index is 804. The highest BCUT2D eigenvalue weighted by molar-refractivity contribution is 6.35. The lowest BCUT2D eigenvalue weighted by molar-refractivity contribution is -0.385. The quantitative estimate of drug-likeness (QED) is 0.641. The van der Waals surface area contributed by atoms with E-state index in [1.54, 1.807) is 24.3 Å². The van der Waals surface area contributed by atoms with E-state index in [9.17, 15) is 14.9 Å². The average molecular weight is 324 g/mol. The Labute approximate surface area is 128 Å². The number of nitro groups is 1. The van der Waals surface area contributed by atoms with Gasteiger partial charge in [-0.05, 0) is 12.1 Å². The Kier molecular flexibility index (Phi) is 4.26. The van der Waals surface area contributed by atoms with Crippen LogP contribution in [0, 0.1) is 21.4 Å². The minimum atomic E-state index is -0.676. The van der Waals surface area contributed by atoms with E-state index in [1.807, 2.05) is 0 Å². The Hall–Kier alpha value is -2.36. The zero-order valence-corrected chi connectivity index (χ0v) is 11.9. The highest BCUT2D eigenvalue weighted by Gasteiger charge is 2.15. The van der Waals surface area contributed by atoms with E-state index >= 15 is 0 Å². The highest BCUT2D eigenvalue weighted by atomic mass is 35.5. The van der Waals surface area contributed by atoms with Gasteiger partial charge in [-0.2, -0.15) is 5.26 Å². The van der Waals surface area contributed by atoms with Gasteiger partial charge in [0.15, 0.2) is 0 Å². The third-order valence-electron chi connectivity index (χ3n) is 2.79. The number of benzene rings is 1. The smallest absolute Gasteiger partial charge is 0.287 e. The Morgan fingerprint density at radius 2 is 1.95 bits per heavy atom. The average Bonchev–Trinajstić information content (AvgIpc) is 2.44. The first-order chi connectivity index (χ1) is 9.93. The molecule has 0 aliphatic rings. The Morgan fingerprint density at radius 1 is 1.33 bits per heavy atom. The van der Waals surface area contributed by atoms with E-state index in [1.165, 1.54) is 0 Å². The number of nitrogens with zero attached hydrogens (tertiary/aromatic N) is 3. The van der Waals surface area contributed by atoms with Crippen molar-refractivity contribution in [3.63, 3.8) is 0 Å². The van der Waals surface area contributed by atoms with E-state index in [0.717, 1.165) is 16.8 Å². The monoisotopic (exact) mass is 323 g/mol. The maximum absolute atomic E-state index is 12.0. The van der Waals surface area contributed by atoms with Crippen molar-refractivity contribution in [1.29, 1.82) is 5.26 Å². The van der Waals surface area contributed by atoms with Gasteiger partial charge in [0, 0.05) is 21.7 Å². The van der Waals surface area contributed by atoms with Crippen molar-refractivity contribution in [1.82, 2.24) is 4.57 Å². The summed E-state index contributed by atoms with van der Waals surface area (Å²) in [7, 11) is 0. The van der Waals surface area contributed by atoms with Crippen LogP contribution < -0.4 is 5.56 Å². The minimum Gasteiger partial charge on any atom is -0.303 e. The first kappa shape index (κ1) is 15.0. The number of rotatable bonds is 3. The number of hydrogen-bond acceptors (Lipinski definition) is 4. The number of hydrogen-bond donors (Lipinski definition) is 0. The van der Waals surface area contributed by atoms with Crippen LogP contribution in [0.4, 0.5) is 5.69 Å². The molecule has 0 unspecified atom stereocenters. The molecule has 0 fully saturated rings. The molecule has 0 N–H and O–H groups in total. The van der Waals surface area contributed by atoms with Gasteiger partial charge in [0.25, 0.3) is 11.2 Å². The van der Waals surface area contributed by atoms with Gasteiger partial charge in [-0.1, -0.05) is 29.3 Å². The standard InChI is InChI=1S/C13H7Cl2N3O3/c14-11-2-1-3-12(15)10(11)7-17-6-9(18(20)21)4-8(5-16)13(17)19/h1-4,6H,7H2. The first-order valence-corrected chi connectivity index (χ1v) is 6.41. The third kappa shape index (κ3) is 3.05. The van der Waals surface area contributed by atoms with Gasteiger partial charge in [-0.3, -0.25) is 14.9 Å². The summed E-state index contributed by atoms with van der Waals surface area (Å²) in [6.07, 6.45) is 1.06. The third-order valence-corrected chi connectivity index (χ3v) is 3.50. The summed E-state index contributed by atoms with van der Waals surface area (Å²) in [4.78, 5) is 22.2. The van der Waals surface area contributed by atoms with Crippen LogP contribution in [0.5, 0.6) is 0 Å². The lowest BCUT2D eigenvalue weighted by Gasteiger charge is -2.09. The van der Waals surface area contributed by atoms with Crippen LogP contribution in [-0.4, -0.2) is 9.49 Å². The molecule has 2 aromatic rings. The molecule has 0 saturated carbocycles. The molecule has 0 aliphatic heterocycles. The van der Waals surface area contributed by atoms with Gasteiger partial charge in [-0.25, -0.2) is 0 Å². The predicted molar refractivity (Wildman–Crippen MR) is 77.6 cm³/mol. The SMILES string of the molecule is N#Cc1cc([N+](=O)[O-])cn(Cc2c(Cl)cccc2Cl)c1=O. The van der Waals surface area contributed by atoms with Crippen molar-refractivity contribution in [3.8, 4) is 6.07 Å². The summed E-state index contributed by atoms with van der Waals surface area (Å²) >= 11 is 12.0. The molecule has 8 heteroatoms. The fourth-order valence-corrected chi connectivity index (χ4v) is 2.29. The number of pyridine rings is 1. The van der Waals surface area contributed by atoms with Crippen LogP contribution in [-0.2, 0) is 6.54 Å². The summed E-state index contributed by atoms with van der Waals surface area (Å²) in [5.41, 5.74) is -0.854. The molecular formula is C13H7Cl2N3O3. The molecule has 21 heavy (non-hydrogen) atoms. The summed E-state index contributed by atoms with van der Waals surface area (Å²) < 4.78 is 1.05. The molecule has 1 heterocycles. The molecule has 106 valence electrons. The van der Waals surface area contributed by atoms with Crippen molar-refractivity contribution < 1.29 is 4.92 Å². The van der Waals surface area contributed by atoms with Crippen LogP contribution in [0.2, 0.25) is 10.0 Å². The lowest BCUT2D eigenvalue weighted by Crippen LogP contribution is -2.23. The van der Waals surface area contributed by atoms with Crippen molar-refractivity contribution in [3.05, 3.63) is 72.1 Å². The van der Waals surface area contributed by atoms with E-state index in [0.29, 0.717) is 15.6 Å². The lowest BCUT2D eigenvalue weighted by atomic mass is 10.2. The van der Waals surface area contributed by atoms with Gasteiger partial charge in [0.1, 0.15) is 11.6 Å². The van der Waals surface area contributed by atoms with Gasteiger partial charge < -0.3 is 4.57 Å². The zero-order valence-electron chi connectivity index (χ0n) is 10.4. The molecule has 0 radical (unpaired) electrons. The van der Waals surface area contributed by atoms with Gasteiger partial charge in [-0.15, -0.1) is 0 Å². The van der Waals surface area contributed by atoms with Crippen LogP contribution >= 0.6 is 23.2 Å².